The van der Waals surface area contributed by atoms with E-state index in [1.54, 1.807) is 35.2 Å². The molecule has 7 nitrogen and oxygen atoms in total. The summed E-state index contributed by atoms with van der Waals surface area (Å²) in [6.07, 6.45) is 3.50. The third-order valence-corrected chi connectivity index (χ3v) is 7.98. The van der Waals surface area contributed by atoms with Crippen LogP contribution in [0.4, 0.5) is 4.79 Å². The third kappa shape index (κ3) is 6.89. The minimum atomic E-state index is -0.467. The van der Waals surface area contributed by atoms with E-state index in [9.17, 15) is 14.4 Å². The quantitative estimate of drug-likeness (QED) is 0.325. The molecule has 2 saturated heterocycles. The van der Waals surface area contributed by atoms with Gasteiger partial charge in [0.25, 0.3) is 11.1 Å². The molecule has 196 valence electrons. The Bertz CT molecular complexity index is 1210. The fourth-order valence-corrected chi connectivity index (χ4v) is 5.63. The average molecular weight is 608 g/mol. The number of carbonyl (C=O) groups is 3. The van der Waals surface area contributed by atoms with Crippen molar-refractivity contribution in [2.75, 3.05) is 26.2 Å². The van der Waals surface area contributed by atoms with Crippen molar-refractivity contribution in [2.24, 2.45) is 5.92 Å². The Balaban J connectivity index is 1.48. The predicted octanol–water partition coefficient (Wildman–Crippen LogP) is 6.38. The fraction of sp³-hybridized carbons (Fsp3) is 0.370. The van der Waals surface area contributed by atoms with E-state index in [2.05, 4.69) is 22.9 Å². The summed E-state index contributed by atoms with van der Waals surface area (Å²) in [5, 5.41) is 0.209. The number of hydrogen-bond donors (Lipinski definition) is 0. The van der Waals surface area contributed by atoms with Crippen molar-refractivity contribution in [3.8, 4) is 11.5 Å². The maximum Gasteiger partial charge on any atom is 0.294 e. The fourth-order valence-electron chi connectivity index (χ4n) is 4.09. The van der Waals surface area contributed by atoms with Gasteiger partial charge in [0.15, 0.2) is 11.5 Å². The first-order valence-electron chi connectivity index (χ1n) is 12.1. The molecule has 0 N–H and O–H groups in total. The molecule has 37 heavy (non-hydrogen) atoms. The first-order chi connectivity index (χ1) is 17.7. The Kier molecular flexibility index (Phi) is 9.21. The summed E-state index contributed by atoms with van der Waals surface area (Å²) in [6.45, 7) is 5.85. The summed E-state index contributed by atoms with van der Waals surface area (Å²) < 4.78 is 12.5. The SMILES string of the molecule is CCOc1cc(/C=C2/SC(=O)N(CC(=O)N3CCC(C)CC3)C2=O)cc(Br)c1OCc1ccc(Cl)cc1. The topological polar surface area (TPSA) is 76.2 Å². The minimum Gasteiger partial charge on any atom is -0.490 e. The van der Waals surface area contributed by atoms with Gasteiger partial charge in [-0.25, -0.2) is 0 Å². The van der Waals surface area contributed by atoms with Crippen LogP contribution in [0.3, 0.4) is 0 Å². The molecule has 0 spiro atoms. The van der Waals surface area contributed by atoms with E-state index in [0.29, 0.717) is 58.8 Å². The second kappa shape index (κ2) is 12.4. The normalized spacial score (nSPS) is 17.6. The van der Waals surface area contributed by atoms with Gasteiger partial charge in [-0.15, -0.1) is 0 Å². The molecule has 0 aromatic heterocycles. The molecule has 2 fully saturated rings. The van der Waals surface area contributed by atoms with Gasteiger partial charge in [0.2, 0.25) is 5.91 Å². The highest BCUT2D eigenvalue weighted by molar-refractivity contribution is 9.10. The van der Waals surface area contributed by atoms with Crippen LogP contribution in [0.1, 0.15) is 37.8 Å². The van der Waals surface area contributed by atoms with Crippen molar-refractivity contribution < 1.29 is 23.9 Å². The van der Waals surface area contributed by atoms with Crippen LogP contribution in [0.25, 0.3) is 6.08 Å². The lowest BCUT2D eigenvalue weighted by Gasteiger charge is -2.31. The summed E-state index contributed by atoms with van der Waals surface area (Å²) in [7, 11) is 0. The second-order valence-corrected chi connectivity index (χ2v) is 11.3. The second-order valence-electron chi connectivity index (χ2n) is 9.01. The van der Waals surface area contributed by atoms with Gasteiger partial charge < -0.3 is 14.4 Å². The number of piperidine rings is 1. The molecular formula is C27H28BrClN2O5S. The van der Waals surface area contributed by atoms with Crippen molar-refractivity contribution in [2.45, 2.75) is 33.3 Å². The average Bonchev–Trinajstić information content (AvgIpc) is 3.12. The van der Waals surface area contributed by atoms with Crippen LogP contribution in [0.15, 0.2) is 45.8 Å². The van der Waals surface area contributed by atoms with Gasteiger partial charge >= 0.3 is 0 Å². The number of carbonyl (C=O) groups excluding carboxylic acids is 3. The van der Waals surface area contributed by atoms with Gasteiger partial charge in [-0.05, 0) is 94.8 Å². The van der Waals surface area contributed by atoms with E-state index in [-0.39, 0.29) is 17.4 Å². The number of nitrogens with zero attached hydrogens (tertiary/aromatic N) is 2. The van der Waals surface area contributed by atoms with Gasteiger partial charge in [-0.3, -0.25) is 19.3 Å². The molecule has 0 atom stereocenters. The highest BCUT2D eigenvalue weighted by Crippen LogP contribution is 2.40. The summed E-state index contributed by atoms with van der Waals surface area (Å²) in [5.41, 5.74) is 1.61. The number of likely N-dealkylation sites (tertiary alicyclic amines) is 1. The summed E-state index contributed by atoms with van der Waals surface area (Å²) in [5.74, 6) is 0.957. The lowest BCUT2D eigenvalue weighted by molar-refractivity contribution is -0.136. The van der Waals surface area contributed by atoms with Gasteiger partial charge in [0.1, 0.15) is 13.2 Å². The maximum atomic E-state index is 13.0. The summed E-state index contributed by atoms with van der Waals surface area (Å²) >= 11 is 10.3. The van der Waals surface area contributed by atoms with Crippen LogP contribution < -0.4 is 9.47 Å². The van der Waals surface area contributed by atoms with Crippen LogP contribution in [0.2, 0.25) is 5.02 Å². The Morgan fingerprint density at radius 1 is 1.16 bits per heavy atom. The highest BCUT2D eigenvalue weighted by atomic mass is 79.9. The van der Waals surface area contributed by atoms with Crippen LogP contribution in [-0.4, -0.2) is 53.1 Å². The van der Waals surface area contributed by atoms with Crippen molar-refractivity contribution in [1.29, 1.82) is 0 Å². The predicted molar refractivity (Wildman–Crippen MR) is 149 cm³/mol. The zero-order valence-electron chi connectivity index (χ0n) is 20.7. The van der Waals surface area contributed by atoms with E-state index >= 15 is 0 Å². The zero-order chi connectivity index (χ0) is 26.5. The zero-order valence-corrected chi connectivity index (χ0v) is 23.8. The minimum absolute atomic E-state index is 0.195. The molecule has 2 aliphatic heterocycles. The van der Waals surface area contributed by atoms with E-state index in [0.717, 1.165) is 35.1 Å². The molecule has 2 aromatic carbocycles. The lowest BCUT2D eigenvalue weighted by atomic mass is 9.99. The number of thioether (sulfide) groups is 1. The van der Waals surface area contributed by atoms with E-state index in [1.165, 1.54) is 0 Å². The maximum absolute atomic E-state index is 13.0. The van der Waals surface area contributed by atoms with E-state index in [4.69, 9.17) is 21.1 Å². The molecule has 0 aliphatic carbocycles. The Morgan fingerprint density at radius 3 is 2.54 bits per heavy atom. The number of imide groups is 1. The van der Waals surface area contributed by atoms with E-state index < -0.39 is 11.1 Å². The number of amides is 3. The summed E-state index contributed by atoms with van der Waals surface area (Å²) in [4.78, 5) is 41.3. The third-order valence-electron chi connectivity index (χ3n) is 6.23. The Hall–Kier alpha value is -2.49. The van der Waals surface area contributed by atoms with Gasteiger partial charge in [-0.1, -0.05) is 30.7 Å². The van der Waals surface area contributed by atoms with Crippen molar-refractivity contribution >= 4 is 62.4 Å². The van der Waals surface area contributed by atoms with Crippen LogP contribution in [0, 0.1) is 5.92 Å². The summed E-state index contributed by atoms with van der Waals surface area (Å²) in [6, 6.07) is 10.9. The van der Waals surface area contributed by atoms with Crippen LogP contribution in [-0.2, 0) is 16.2 Å². The molecular weight excluding hydrogens is 580 g/mol. The molecule has 10 heteroatoms. The van der Waals surface area contributed by atoms with Gasteiger partial charge in [0, 0.05) is 18.1 Å². The molecule has 2 aliphatic rings. The number of benzene rings is 2. The smallest absolute Gasteiger partial charge is 0.294 e. The molecule has 2 heterocycles. The highest BCUT2D eigenvalue weighted by Gasteiger charge is 2.37. The lowest BCUT2D eigenvalue weighted by Crippen LogP contribution is -2.45. The molecule has 2 aromatic rings. The van der Waals surface area contributed by atoms with Gasteiger partial charge in [-0.2, -0.15) is 0 Å². The first-order valence-corrected chi connectivity index (χ1v) is 14.1. The molecule has 0 unspecified atom stereocenters. The monoisotopic (exact) mass is 606 g/mol. The molecule has 3 amide bonds. The van der Waals surface area contributed by atoms with Crippen molar-refractivity contribution in [3.05, 3.63) is 61.9 Å². The Morgan fingerprint density at radius 2 is 1.86 bits per heavy atom. The van der Waals surface area contributed by atoms with E-state index in [1.807, 2.05) is 19.1 Å². The van der Waals surface area contributed by atoms with Crippen molar-refractivity contribution in [1.82, 2.24) is 9.80 Å². The largest absolute Gasteiger partial charge is 0.490 e. The molecule has 4 rings (SSSR count). The van der Waals surface area contributed by atoms with Crippen LogP contribution >= 0.6 is 39.3 Å². The van der Waals surface area contributed by atoms with Crippen molar-refractivity contribution in [3.63, 3.8) is 0 Å². The molecule has 0 bridgehead atoms. The van der Waals surface area contributed by atoms with Crippen LogP contribution in [0.5, 0.6) is 11.5 Å². The number of rotatable bonds is 8. The molecule has 0 radical (unpaired) electrons. The standard InChI is InChI=1S/C27H28BrClN2O5S/c1-3-35-22-13-19(12-21(28)25(22)36-16-18-4-6-20(29)7-5-18)14-23-26(33)31(27(34)37-23)15-24(32)30-10-8-17(2)9-11-30/h4-7,12-14,17H,3,8-11,15-16H2,1-2H3/b23-14+. The van der Waals surface area contributed by atoms with Gasteiger partial charge in [0.05, 0.1) is 16.0 Å². The number of hydrogen-bond acceptors (Lipinski definition) is 6. The number of ether oxygens (including phenoxy) is 2. The Labute approximate surface area is 234 Å². The molecule has 0 saturated carbocycles. The first kappa shape index (κ1) is 27.5. The number of halogens is 2.